The molecule has 9 heteroatoms. The van der Waals surface area contributed by atoms with Crippen molar-refractivity contribution in [2.45, 2.75) is 30.6 Å². The summed E-state index contributed by atoms with van der Waals surface area (Å²) in [7, 11) is 0. The molecule has 1 unspecified atom stereocenters. The minimum Gasteiger partial charge on any atom is -0.593 e. The Labute approximate surface area is 197 Å². The number of alkyl halides is 2. The number of amides is 1. The maximum atomic E-state index is 14.6. The highest BCUT2D eigenvalue weighted by molar-refractivity contribution is 7.89. The Balaban J connectivity index is 1.43. The number of ether oxygens (including phenoxy) is 1. The van der Waals surface area contributed by atoms with Crippen LogP contribution < -0.4 is 10.1 Å². The summed E-state index contributed by atoms with van der Waals surface area (Å²) in [6.07, 6.45) is 1.83. The number of carbonyl (C=O) groups is 1. The van der Waals surface area contributed by atoms with Crippen molar-refractivity contribution in [1.82, 2.24) is 14.5 Å². The van der Waals surface area contributed by atoms with Gasteiger partial charge in [-0.3, -0.25) is 4.79 Å². The summed E-state index contributed by atoms with van der Waals surface area (Å²) in [6.45, 7) is 3.46. The van der Waals surface area contributed by atoms with Crippen molar-refractivity contribution in [3.05, 3.63) is 60.2 Å². The number of hydrogen-bond acceptors (Lipinski definition) is 5. The number of nitrogens with zero attached hydrogens (tertiary/aromatic N) is 2. The third-order valence-corrected chi connectivity index (χ3v) is 6.93. The van der Waals surface area contributed by atoms with Crippen molar-refractivity contribution in [2.75, 3.05) is 45.9 Å². The summed E-state index contributed by atoms with van der Waals surface area (Å²) < 4.78 is 49.2. The van der Waals surface area contributed by atoms with Gasteiger partial charge in [-0.25, -0.2) is 0 Å². The first kappa shape index (κ1) is 25.4. The Bertz CT molecular complexity index is 880. The molecule has 0 aromatic heterocycles. The van der Waals surface area contributed by atoms with E-state index < -0.39 is 23.8 Å². The molecule has 1 amide bonds. The standard InChI is InChI=1S/C24H31F2N3O3S/c1-2-3-16-32-21-9-7-8-20(17-21)24(25,26)19-27-18-23(30)28-12-14-29(15-13-28)33(31)22-10-5-4-6-11-22/h4-11,17,27H,2-3,12-16,18-19H2,1H3. The monoisotopic (exact) mass is 479 g/mol. The normalized spacial score (nSPS) is 15.9. The van der Waals surface area contributed by atoms with Crippen LogP contribution in [0.5, 0.6) is 5.75 Å². The van der Waals surface area contributed by atoms with E-state index in [-0.39, 0.29) is 18.0 Å². The van der Waals surface area contributed by atoms with E-state index in [0.717, 1.165) is 17.7 Å². The molecular weight excluding hydrogens is 448 g/mol. The zero-order chi connectivity index (χ0) is 23.7. The average Bonchev–Trinajstić information content (AvgIpc) is 2.84. The summed E-state index contributed by atoms with van der Waals surface area (Å²) >= 11 is -1.27. The number of rotatable bonds is 11. The van der Waals surface area contributed by atoms with E-state index in [1.807, 2.05) is 41.6 Å². The predicted octanol–water partition coefficient (Wildman–Crippen LogP) is 3.41. The van der Waals surface area contributed by atoms with Gasteiger partial charge in [0.15, 0.2) is 4.90 Å². The molecule has 33 heavy (non-hydrogen) atoms. The van der Waals surface area contributed by atoms with Crippen molar-refractivity contribution in [1.29, 1.82) is 0 Å². The average molecular weight is 480 g/mol. The molecule has 1 N–H and O–H groups in total. The van der Waals surface area contributed by atoms with E-state index in [2.05, 4.69) is 5.32 Å². The highest BCUT2D eigenvalue weighted by Gasteiger charge is 2.33. The quantitative estimate of drug-likeness (QED) is 0.395. The molecule has 0 bridgehead atoms. The largest absolute Gasteiger partial charge is 0.593 e. The minimum absolute atomic E-state index is 0.145. The van der Waals surface area contributed by atoms with Crippen LogP contribution in [-0.4, -0.2) is 65.5 Å². The lowest BCUT2D eigenvalue weighted by Crippen LogP contribution is -2.52. The van der Waals surface area contributed by atoms with Crippen LogP contribution in [0.25, 0.3) is 0 Å². The zero-order valence-electron chi connectivity index (χ0n) is 18.8. The topological polar surface area (TPSA) is 67.9 Å². The van der Waals surface area contributed by atoms with Gasteiger partial charge in [0.2, 0.25) is 5.91 Å². The van der Waals surface area contributed by atoms with Crippen LogP contribution in [0.2, 0.25) is 0 Å². The SMILES string of the molecule is CCCCOc1cccc(C(F)(F)CNCC(=O)N2CCN([S+]([O-])c3ccccc3)CC2)c1. The van der Waals surface area contributed by atoms with E-state index >= 15 is 0 Å². The number of nitrogens with one attached hydrogen (secondary N) is 1. The Kier molecular flexibility index (Phi) is 9.49. The molecule has 2 aromatic carbocycles. The van der Waals surface area contributed by atoms with Gasteiger partial charge in [0, 0.05) is 18.7 Å². The first-order valence-electron chi connectivity index (χ1n) is 11.2. The molecule has 1 saturated heterocycles. The second-order valence-corrected chi connectivity index (χ2v) is 9.40. The summed E-state index contributed by atoms with van der Waals surface area (Å²) in [5.74, 6) is -2.95. The third kappa shape index (κ3) is 7.40. The molecule has 0 spiro atoms. The van der Waals surface area contributed by atoms with Crippen molar-refractivity contribution >= 4 is 17.3 Å². The first-order chi connectivity index (χ1) is 15.9. The van der Waals surface area contributed by atoms with Crippen LogP contribution >= 0.6 is 0 Å². The highest BCUT2D eigenvalue weighted by Crippen LogP contribution is 2.29. The number of hydrogen-bond donors (Lipinski definition) is 1. The van der Waals surface area contributed by atoms with Crippen LogP contribution in [0.15, 0.2) is 59.5 Å². The van der Waals surface area contributed by atoms with Crippen LogP contribution in [0.3, 0.4) is 0 Å². The van der Waals surface area contributed by atoms with E-state index in [1.54, 1.807) is 17.0 Å². The van der Waals surface area contributed by atoms with E-state index in [1.165, 1.54) is 12.1 Å². The van der Waals surface area contributed by atoms with Gasteiger partial charge in [-0.15, -0.1) is 4.31 Å². The molecule has 3 rings (SSSR count). The number of benzene rings is 2. The summed E-state index contributed by atoms with van der Waals surface area (Å²) in [5, 5.41) is 2.60. The Hall–Kier alpha value is -2.20. The van der Waals surface area contributed by atoms with Crippen molar-refractivity contribution < 1.29 is 22.9 Å². The van der Waals surface area contributed by atoms with Gasteiger partial charge in [0.25, 0.3) is 5.92 Å². The molecule has 6 nitrogen and oxygen atoms in total. The Morgan fingerprint density at radius 3 is 2.55 bits per heavy atom. The Morgan fingerprint density at radius 1 is 1.12 bits per heavy atom. The molecule has 1 aliphatic heterocycles. The van der Waals surface area contributed by atoms with Crippen molar-refractivity contribution in [3.63, 3.8) is 0 Å². The van der Waals surface area contributed by atoms with Gasteiger partial charge >= 0.3 is 0 Å². The zero-order valence-corrected chi connectivity index (χ0v) is 19.7. The molecule has 1 aliphatic rings. The van der Waals surface area contributed by atoms with Gasteiger partial charge < -0.3 is 19.5 Å². The summed E-state index contributed by atoms with van der Waals surface area (Å²) in [6, 6.07) is 15.1. The fraction of sp³-hybridized carbons (Fsp3) is 0.458. The van der Waals surface area contributed by atoms with Gasteiger partial charge in [-0.2, -0.15) is 8.78 Å². The van der Waals surface area contributed by atoms with E-state index in [9.17, 15) is 18.1 Å². The number of piperazine rings is 1. The van der Waals surface area contributed by atoms with E-state index in [4.69, 9.17) is 4.74 Å². The number of halogens is 2. The van der Waals surface area contributed by atoms with Gasteiger partial charge in [0.1, 0.15) is 5.75 Å². The smallest absolute Gasteiger partial charge is 0.285 e. The second-order valence-electron chi connectivity index (χ2n) is 7.91. The lowest BCUT2D eigenvalue weighted by Gasteiger charge is -2.34. The molecule has 0 radical (unpaired) electrons. The van der Waals surface area contributed by atoms with Crippen LogP contribution in [0.4, 0.5) is 8.78 Å². The van der Waals surface area contributed by atoms with Crippen molar-refractivity contribution in [2.24, 2.45) is 0 Å². The minimum atomic E-state index is -3.13. The highest BCUT2D eigenvalue weighted by atomic mass is 32.2. The fourth-order valence-corrected chi connectivity index (χ4v) is 4.66. The van der Waals surface area contributed by atoms with Crippen LogP contribution in [0.1, 0.15) is 25.3 Å². The molecule has 0 aliphatic carbocycles. The van der Waals surface area contributed by atoms with Crippen LogP contribution in [-0.2, 0) is 22.1 Å². The maximum Gasteiger partial charge on any atom is 0.285 e. The molecule has 1 heterocycles. The fourth-order valence-electron chi connectivity index (χ4n) is 3.48. The number of unbranched alkanes of at least 4 members (excludes halogenated alkanes) is 1. The van der Waals surface area contributed by atoms with E-state index in [0.29, 0.717) is 38.5 Å². The van der Waals surface area contributed by atoms with Gasteiger partial charge in [-0.1, -0.05) is 43.7 Å². The summed E-state index contributed by atoms with van der Waals surface area (Å²) in [4.78, 5) is 14.8. The molecule has 1 atom stereocenters. The molecule has 1 fully saturated rings. The van der Waals surface area contributed by atoms with Crippen molar-refractivity contribution in [3.8, 4) is 5.75 Å². The maximum absolute atomic E-state index is 14.6. The predicted molar refractivity (Wildman–Crippen MR) is 125 cm³/mol. The van der Waals surface area contributed by atoms with Gasteiger partial charge in [0.05, 0.1) is 44.1 Å². The molecule has 2 aromatic rings. The molecule has 180 valence electrons. The van der Waals surface area contributed by atoms with Crippen LogP contribution in [0, 0.1) is 0 Å². The summed E-state index contributed by atoms with van der Waals surface area (Å²) in [5.41, 5.74) is -0.145. The number of carbonyl (C=O) groups excluding carboxylic acids is 1. The second kappa shape index (κ2) is 12.3. The van der Waals surface area contributed by atoms with Gasteiger partial charge in [-0.05, 0) is 30.7 Å². The molecular formula is C24H31F2N3O3S. The molecule has 0 saturated carbocycles. The first-order valence-corrected chi connectivity index (χ1v) is 12.3. The Morgan fingerprint density at radius 2 is 1.85 bits per heavy atom. The lowest BCUT2D eigenvalue weighted by atomic mass is 10.1. The lowest BCUT2D eigenvalue weighted by molar-refractivity contribution is -0.131. The third-order valence-electron chi connectivity index (χ3n) is 5.42.